The summed E-state index contributed by atoms with van der Waals surface area (Å²) in [5.41, 5.74) is 4.36. The molecule has 0 saturated heterocycles. The maximum Gasteiger partial charge on any atom is 0.265 e. The largest absolute Gasteiger partial charge is 0.323 e. The van der Waals surface area contributed by atoms with Crippen molar-refractivity contribution < 1.29 is 4.39 Å². The number of nitrogens with one attached hydrogen (secondary N) is 2. The van der Waals surface area contributed by atoms with Crippen LogP contribution in [0.4, 0.5) is 33.5 Å². The molecular weight excluding hydrogens is 323 g/mol. The molecule has 3 heterocycles. The van der Waals surface area contributed by atoms with Gasteiger partial charge in [0.15, 0.2) is 17.5 Å². The lowest BCUT2D eigenvalue weighted by Crippen LogP contribution is -2.21. The van der Waals surface area contributed by atoms with Crippen LogP contribution in [0, 0.1) is 5.82 Å². The first-order valence-corrected chi connectivity index (χ1v) is 7.46. The predicted molar refractivity (Wildman–Crippen MR) is 93.0 cm³/mol. The van der Waals surface area contributed by atoms with Crippen molar-refractivity contribution in [2.75, 3.05) is 22.7 Å². The molecule has 0 unspecified atom stereocenters. The van der Waals surface area contributed by atoms with Crippen LogP contribution >= 0.6 is 0 Å². The van der Waals surface area contributed by atoms with Crippen molar-refractivity contribution in [1.29, 1.82) is 0 Å². The normalized spacial score (nSPS) is 12.5. The highest BCUT2D eigenvalue weighted by atomic mass is 19.1. The van der Waals surface area contributed by atoms with E-state index in [2.05, 4.69) is 36.0 Å². The Labute approximate surface area is 142 Å². The first-order chi connectivity index (χ1) is 12.2. The average molecular weight is 336 g/mol. The molecule has 1 aliphatic rings. The molecule has 0 atom stereocenters. The molecule has 4 rings (SSSR count). The van der Waals surface area contributed by atoms with Crippen LogP contribution in [0.5, 0.6) is 0 Å². The minimum Gasteiger partial charge on any atom is -0.323 e. The number of anilines is 5. The number of halogens is 1. The molecule has 0 radical (unpaired) electrons. The minimum atomic E-state index is -0.294. The van der Waals surface area contributed by atoms with Gasteiger partial charge in [-0.05, 0) is 29.8 Å². The fraction of sp³-hybridized carbons (Fsp3) is 0.0625. The lowest BCUT2D eigenvalue weighted by molar-refractivity contribution is 0.628. The molecule has 124 valence electrons. The van der Waals surface area contributed by atoms with Crippen LogP contribution in [0.15, 0.2) is 47.7 Å². The van der Waals surface area contributed by atoms with E-state index in [0.717, 1.165) is 11.3 Å². The van der Waals surface area contributed by atoms with Crippen LogP contribution in [0.3, 0.4) is 0 Å². The molecule has 0 spiro atoms. The topological polar surface area (TPSA) is 91.2 Å². The van der Waals surface area contributed by atoms with Gasteiger partial charge in [0.1, 0.15) is 5.82 Å². The van der Waals surface area contributed by atoms with Gasteiger partial charge in [0.2, 0.25) is 0 Å². The minimum absolute atomic E-state index is 0.248. The standard InChI is InChI=1S/C16H13FN8/c1-25-12-3-2-8-18-13(12)20-14-15(25)21-16(24-22-14)23-19-9-10-4-6-11(17)7-5-10/h2-9H,1H3,(H,18,20,22)(H,21,23,24). The third-order valence-corrected chi connectivity index (χ3v) is 3.62. The number of fused-ring (bicyclic) bond motifs is 2. The van der Waals surface area contributed by atoms with Gasteiger partial charge in [-0.25, -0.2) is 14.8 Å². The molecule has 0 fully saturated rings. The number of nitrogens with zero attached hydrogens (tertiary/aromatic N) is 6. The number of hydrogen-bond acceptors (Lipinski definition) is 8. The Bertz CT molecular complexity index is 941. The Hall–Kier alpha value is -3.62. The van der Waals surface area contributed by atoms with Crippen LogP contribution in [0.2, 0.25) is 0 Å². The third kappa shape index (κ3) is 2.94. The molecule has 0 bridgehead atoms. The molecular formula is C16H13FN8. The summed E-state index contributed by atoms with van der Waals surface area (Å²) in [6, 6.07) is 9.75. The molecule has 0 saturated carbocycles. The predicted octanol–water partition coefficient (Wildman–Crippen LogP) is 2.68. The van der Waals surface area contributed by atoms with Gasteiger partial charge in [0.05, 0.1) is 11.9 Å². The van der Waals surface area contributed by atoms with Crippen molar-refractivity contribution in [3.63, 3.8) is 0 Å². The van der Waals surface area contributed by atoms with Crippen LogP contribution in [0.1, 0.15) is 5.56 Å². The summed E-state index contributed by atoms with van der Waals surface area (Å²) in [7, 11) is 1.88. The fourth-order valence-corrected chi connectivity index (χ4v) is 2.38. The van der Waals surface area contributed by atoms with Crippen LogP contribution in [0.25, 0.3) is 0 Å². The first kappa shape index (κ1) is 14.9. The second-order valence-corrected chi connectivity index (χ2v) is 5.28. The Kier molecular flexibility index (Phi) is 3.65. The van der Waals surface area contributed by atoms with Crippen molar-refractivity contribution in [3.8, 4) is 0 Å². The second kappa shape index (κ2) is 6.11. The molecule has 0 aliphatic carbocycles. The van der Waals surface area contributed by atoms with Crippen LogP contribution < -0.4 is 15.6 Å². The zero-order valence-electron chi connectivity index (χ0n) is 13.2. The maximum absolute atomic E-state index is 12.9. The molecule has 0 amide bonds. The van der Waals surface area contributed by atoms with E-state index in [-0.39, 0.29) is 11.8 Å². The highest BCUT2D eigenvalue weighted by molar-refractivity contribution is 5.85. The van der Waals surface area contributed by atoms with Gasteiger partial charge in [0.25, 0.3) is 5.95 Å². The molecule has 1 aliphatic heterocycles. The maximum atomic E-state index is 12.9. The number of rotatable bonds is 3. The zero-order chi connectivity index (χ0) is 17.2. The smallest absolute Gasteiger partial charge is 0.265 e. The van der Waals surface area contributed by atoms with Crippen LogP contribution in [-0.2, 0) is 0 Å². The van der Waals surface area contributed by atoms with Gasteiger partial charge in [-0.3, -0.25) is 0 Å². The summed E-state index contributed by atoms with van der Waals surface area (Å²) in [6.45, 7) is 0. The van der Waals surface area contributed by atoms with Gasteiger partial charge in [0, 0.05) is 13.2 Å². The first-order valence-electron chi connectivity index (χ1n) is 7.46. The summed E-state index contributed by atoms with van der Waals surface area (Å²) < 4.78 is 12.9. The summed E-state index contributed by atoms with van der Waals surface area (Å²) >= 11 is 0. The highest BCUT2D eigenvalue weighted by Gasteiger charge is 2.23. The van der Waals surface area contributed by atoms with E-state index in [0.29, 0.717) is 17.5 Å². The monoisotopic (exact) mass is 336 g/mol. The highest BCUT2D eigenvalue weighted by Crippen LogP contribution is 2.38. The Morgan fingerprint density at radius 3 is 2.84 bits per heavy atom. The SMILES string of the molecule is CN1c2cccnc2Nc2nnc(NN=Cc3ccc(F)cc3)nc21. The van der Waals surface area contributed by atoms with Crippen molar-refractivity contribution in [3.05, 3.63) is 54.0 Å². The summed E-state index contributed by atoms with van der Waals surface area (Å²) in [5, 5.41) is 15.2. The van der Waals surface area contributed by atoms with Gasteiger partial charge in [-0.15, -0.1) is 10.2 Å². The number of benzene rings is 1. The zero-order valence-corrected chi connectivity index (χ0v) is 13.2. The van der Waals surface area contributed by atoms with Gasteiger partial charge >= 0.3 is 0 Å². The van der Waals surface area contributed by atoms with E-state index >= 15 is 0 Å². The van der Waals surface area contributed by atoms with Gasteiger partial charge in [-0.2, -0.15) is 10.1 Å². The molecule has 9 heteroatoms. The van der Waals surface area contributed by atoms with Crippen molar-refractivity contribution >= 4 is 35.3 Å². The molecule has 3 aromatic rings. The number of hydrazone groups is 1. The molecule has 25 heavy (non-hydrogen) atoms. The number of aromatic nitrogens is 4. The van der Waals surface area contributed by atoms with E-state index in [1.54, 1.807) is 24.5 Å². The average Bonchev–Trinajstić information content (AvgIpc) is 2.64. The molecule has 1 aromatic carbocycles. The van der Waals surface area contributed by atoms with E-state index in [1.807, 2.05) is 24.1 Å². The van der Waals surface area contributed by atoms with Gasteiger partial charge < -0.3 is 10.2 Å². The quantitative estimate of drug-likeness (QED) is 0.561. The Morgan fingerprint density at radius 1 is 1.16 bits per heavy atom. The Morgan fingerprint density at radius 2 is 2.00 bits per heavy atom. The van der Waals surface area contributed by atoms with E-state index < -0.39 is 0 Å². The lowest BCUT2D eigenvalue weighted by atomic mass is 10.2. The van der Waals surface area contributed by atoms with E-state index in [9.17, 15) is 4.39 Å². The summed E-state index contributed by atoms with van der Waals surface area (Å²) in [5.74, 6) is 1.77. The van der Waals surface area contributed by atoms with Crippen molar-refractivity contribution in [2.24, 2.45) is 5.10 Å². The van der Waals surface area contributed by atoms with E-state index in [1.165, 1.54) is 12.1 Å². The summed E-state index contributed by atoms with van der Waals surface area (Å²) in [4.78, 5) is 10.6. The molecule has 2 N–H and O–H groups in total. The van der Waals surface area contributed by atoms with Crippen LogP contribution in [-0.4, -0.2) is 33.4 Å². The fourth-order valence-electron chi connectivity index (χ4n) is 2.38. The summed E-state index contributed by atoms with van der Waals surface area (Å²) in [6.07, 6.45) is 3.25. The second-order valence-electron chi connectivity index (χ2n) is 5.28. The third-order valence-electron chi connectivity index (χ3n) is 3.62. The number of pyridine rings is 1. The number of hydrogen-bond donors (Lipinski definition) is 2. The molecule has 8 nitrogen and oxygen atoms in total. The molecule has 2 aromatic heterocycles. The van der Waals surface area contributed by atoms with Crippen molar-refractivity contribution in [2.45, 2.75) is 0 Å². The van der Waals surface area contributed by atoms with Crippen molar-refractivity contribution in [1.82, 2.24) is 20.2 Å². The Balaban J connectivity index is 1.54. The van der Waals surface area contributed by atoms with E-state index in [4.69, 9.17) is 0 Å². The lowest BCUT2D eigenvalue weighted by Gasteiger charge is -2.27. The van der Waals surface area contributed by atoms with Gasteiger partial charge in [-0.1, -0.05) is 12.1 Å².